The molecule has 8 heteroatoms. The van der Waals surface area contributed by atoms with Gasteiger partial charge in [0.2, 0.25) is 16.0 Å². The predicted molar refractivity (Wildman–Crippen MR) is 67.9 cm³/mol. The van der Waals surface area contributed by atoms with Crippen LogP contribution in [0.1, 0.15) is 6.92 Å². The number of nitrogens with zero attached hydrogens (tertiary/aromatic N) is 3. The second kappa shape index (κ2) is 6.07. The zero-order valence-electron chi connectivity index (χ0n) is 10.9. The van der Waals surface area contributed by atoms with Crippen molar-refractivity contribution in [3.05, 3.63) is 12.4 Å². The Balaban J connectivity index is 2.97. The van der Waals surface area contributed by atoms with Gasteiger partial charge in [-0.05, 0) is 6.92 Å². The van der Waals surface area contributed by atoms with Crippen LogP contribution in [0.25, 0.3) is 0 Å². The Bertz CT molecular complexity index is 474. The van der Waals surface area contributed by atoms with Crippen LogP contribution in [0, 0.1) is 0 Å². The molecule has 7 nitrogen and oxygen atoms in total. The van der Waals surface area contributed by atoms with Gasteiger partial charge in [-0.3, -0.25) is 0 Å². The molecular weight excluding hydrogens is 256 g/mol. The van der Waals surface area contributed by atoms with Crippen molar-refractivity contribution in [1.29, 1.82) is 0 Å². The van der Waals surface area contributed by atoms with Crippen molar-refractivity contribution in [3.63, 3.8) is 0 Å². The summed E-state index contributed by atoms with van der Waals surface area (Å²) in [6, 6.07) is -0.260. The van der Waals surface area contributed by atoms with Crippen molar-refractivity contribution in [2.75, 3.05) is 33.1 Å². The molecule has 1 atom stereocenters. The van der Waals surface area contributed by atoms with Crippen LogP contribution in [0.15, 0.2) is 17.3 Å². The summed E-state index contributed by atoms with van der Waals surface area (Å²) in [5.41, 5.74) is 0. The number of sulfonamides is 1. The average molecular weight is 274 g/mol. The fourth-order valence-electron chi connectivity index (χ4n) is 1.33. The molecule has 0 saturated heterocycles. The lowest BCUT2D eigenvalue weighted by molar-refractivity contribution is 0.149. The van der Waals surface area contributed by atoms with Gasteiger partial charge in [0.15, 0.2) is 0 Å². The van der Waals surface area contributed by atoms with Crippen molar-refractivity contribution >= 4 is 16.0 Å². The van der Waals surface area contributed by atoms with Crippen LogP contribution < -0.4 is 5.32 Å². The van der Waals surface area contributed by atoms with Gasteiger partial charge in [-0.25, -0.2) is 18.4 Å². The summed E-state index contributed by atoms with van der Waals surface area (Å²) in [7, 11) is 1.11. The Morgan fingerprint density at radius 3 is 2.44 bits per heavy atom. The maximum absolute atomic E-state index is 12.2. The number of rotatable bonds is 6. The van der Waals surface area contributed by atoms with E-state index in [1.807, 2.05) is 0 Å². The lowest BCUT2D eigenvalue weighted by Gasteiger charge is -2.23. The first-order valence-corrected chi connectivity index (χ1v) is 6.84. The Morgan fingerprint density at radius 1 is 1.44 bits per heavy atom. The van der Waals surface area contributed by atoms with E-state index in [0.29, 0.717) is 12.6 Å². The zero-order chi connectivity index (χ0) is 13.8. The molecule has 0 fully saturated rings. The van der Waals surface area contributed by atoms with Crippen LogP contribution in [-0.2, 0) is 14.8 Å². The lowest BCUT2D eigenvalue weighted by atomic mass is 10.4. The first-order chi connectivity index (χ1) is 8.43. The van der Waals surface area contributed by atoms with E-state index in [1.165, 1.54) is 30.9 Å². The summed E-state index contributed by atoms with van der Waals surface area (Å²) in [5.74, 6) is 0.376. The number of nitrogens with one attached hydrogen (secondary N) is 1. The third-order valence-corrected chi connectivity index (χ3v) is 4.48. The number of likely N-dealkylation sites (N-methyl/N-ethyl adjacent to an activating group) is 1. The van der Waals surface area contributed by atoms with Crippen LogP contribution in [-0.4, -0.2) is 56.5 Å². The number of aromatic nitrogens is 2. The summed E-state index contributed by atoms with van der Waals surface area (Å²) in [6.45, 7) is 2.09. The van der Waals surface area contributed by atoms with Gasteiger partial charge in [-0.1, -0.05) is 0 Å². The highest BCUT2D eigenvalue weighted by Gasteiger charge is 2.25. The van der Waals surface area contributed by atoms with Gasteiger partial charge in [0.1, 0.15) is 4.90 Å². The molecule has 0 amide bonds. The van der Waals surface area contributed by atoms with E-state index in [2.05, 4.69) is 15.3 Å². The molecular formula is C10H18N4O3S. The van der Waals surface area contributed by atoms with Crippen LogP contribution in [0.3, 0.4) is 0 Å². The third kappa shape index (κ3) is 3.15. The molecule has 0 radical (unpaired) electrons. The standard InChI is InChI=1S/C10H18N4O3S/c1-8(7-17-4)14(3)18(15,16)9-5-12-10(11-2)13-6-9/h5-6,8H,7H2,1-4H3,(H,11,12,13). The SMILES string of the molecule is CNc1ncc(S(=O)(=O)N(C)C(C)COC)cn1. The number of methoxy groups -OCH3 is 1. The van der Waals surface area contributed by atoms with Gasteiger partial charge in [-0.2, -0.15) is 4.31 Å². The minimum atomic E-state index is -3.58. The maximum Gasteiger partial charge on any atom is 0.246 e. The second-order valence-corrected chi connectivity index (χ2v) is 5.82. The van der Waals surface area contributed by atoms with Crippen LogP contribution in [0.2, 0.25) is 0 Å². The van der Waals surface area contributed by atoms with E-state index >= 15 is 0 Å². The number of anilines is 1. The van der Waals surface area contributed by atoms with Gasteiger partial charge in [0.25, 0.3) is 0 Å². The largest absolute Gasteiger partial charge is 0.383 e. The Labute approximate surface area is 107 Å². The first kappa shape index (κ1) is 14.8. The van der Waals surface area contributed by atoms with Gasteiger partial charge >= 0.3 is 0 Å². The highest BCUT2D eigenvalue weighted by molar-refractivity contribution is 7.89. The second-order valence-electron chi connectivity index (χ2n) is 3.82. The minimum absolute atomic E-state index is 0.0620. The first-order valence-electron chi connectivity index (χ1n) is 5.40. The van der Waals surface area contributed by atoms with E-state index in [9.17, 15) is 8.42 Å². The van der Waals surface area contributed by atoms with Crippen LogP contribution in [0.4, 0.5) is 5.95 Å². The molecule has 0 aromatic carbocycles. The summed E-state index contributed by atoms with van der Waals surface area (Å²) in [5, 5.41) is 2.73. The molecule has 0 aliphatic heterocycles. The highest BCUT2D eigenvalue weighted by Crippen LogP contribution is 2.15. The van der Waals surface area contributed by atoms with E-state index in [1.54, 1.807) is 14.0 Å². The molecule has 1 heterocycles. The van der Waals surface area contributed by atoms with Crippen molar-refractivity contribution in [3.8, 4) is 0 Å². The molecule has 18 heavy (non-hydrogen) atoms. The number of ether oxygens (including phenoxy) is 1. The summed E-state index contributed by atoms with van der Waals surface area (Å²) < 4.78 is 30.6. The Hall–Kier alpha value is -1.25. The van der Waals surface area contributed by atoms with Gasteiger partial charge < -0.3 is 10.1 Å². The molecule has 0 saturated carbocycles. The van der Waals surface area contributed by atoms with Gasteiger partial charge in [0, 0.05) is 27.2 Å². The van der Waals surface area contributed by atoms with Gasteiger partial charge in [0.05, 0.1) is 19.0 Å². The highest BCUT2D eigenvalue weighted by atomic mass is 32.2. The monoisotopic (exact) mass is 274 g/mol. The van der Waals surface area contributed by atoms with E-state index in [0.717, 1.165) is 0 Å². The van der Waals surface area contributed by atoms with E-state index in [-0.39, 0.29) is 10.9 Å². The summed E-state index contributed by atoms with van der Waals surface area (Å²) in [4.78, 5) is 7.85. The normalized spacial score (nSPS) is 13.6. The van der Waals surface area contributed by atoms with E-state index in [4.69, 9.17) is 4.74 Å². The zero-order valence-corrected chi connectivity index (χ0v) is 11.7. The molecule has 1 unspecified atom stereocenters. The Morgan fingerprint density at radius 2 is 2.00 bits per heavy atom. The molecule has 102 valence electrons. The molecule has 0 spiro atoms. The van der Waals surface area contributed by atoms with E-state index < -0.39 is 10.0 Å². The summed E-state index contributed by atoms with van der Waals surface area (Å²) in [6.07, 6.45) is 2.56. The fraction of sp³-hybridized carbons (Fsp3) is 0.600. The van der Waals surface area contributed by atoms with Crippen LogP contribution in [0.5, 0.6) is 0 Å². The molecule has 1 N–H and O–H groups in total. The fourth-order valence-corrected chi connectivity index (χ4v) is 2.57. The minimum Gasteiger partial charge on any atom is -0.383 e. The third-order valence-electron chi connectivity index (χ3n) is 2.56. The van der Waals surface area contributed by atoms with Crippen molar-refractivity contribution in [1.82, 2.24) is 14.3 Å². The molecule has 0 bridgehead atoms. The number of hydrogen-bond donors (Lipinski definition) is 1. The quantitative estimate of drug-likeness (QED) is 0.796. The topological polar surface area (TPSA) is 84.4 Å². The number of hydrogen-bond acceptors (Lipinski definition) is 6. The smallest absolute Gasteiger partial charge is 0.246 e. The van der Waals surface area contributed by atoms with Crippen molar-refractivity contribution in [2.45, 2.75) is 17.9 Å². The predicted octanol–water partition coefficient (Wildman–Crippen LogP) is 0.174. The van der Waals surface area contributed by atoms with Crippen molar-refractivity contribution in [2.24, 2.45) is 0 Å². The molecule has 0 aliphatic rings. The molecule has 0 aliphatic carbocycles. The van der Waals surface area contributed by atoms with Crippen LogP contribution >= 0.6 is 0 Å². The van der Waals surface area contributed by atoms with Gasteiger partial charge in [-0.15, -0.1) is 0 Å². The lowest BCUT2D eigenvalue weighted by Crippen LogP contribution is -2.37. The van der Waals surface area contributed by atoms with Crippen molar-refractivity contribution < 1.29 is 13.2 Å². The average Bonchev–Trinajstić information content (AvgIpc) is 2.38. The molecule has 1 aromatic heterocycles. The summed E-state index contributed by atoms with van der Waals surface area (Å²) >= 11 is 0. The molecule has 1 rings (SSSR count). The maximum atomic E-state index is 12.2. The Kier molecular flexibility index (Phi) is 5.00. The molecule has 1 aromatic rings.